The third-order valence-corrected chi connectivity index (χ3v) is 2.08. The number of likely N-dealkylation sites (tertiary alicyclic amines) is 1. The van der Waals surface area contributed by atoms with Crippen molar-refractivity contribution < 1.29 is 0 Å². The topological polar surface area (TPSA) is 29.3 Å². The summed E-state index contributed by atoms with van der Waals surface area (Å²) in [5.41, 5.74) is 5.61. The second-order valence-corrected chi connectivity index (χ2v) is 2.53. The van der Waals surface area contributed by atoms with Gasteiger partial charge in [-0.15, -0.1) is 0 Å². The van der Waals surface area contributed by atoms with E-state index in [-0.39, 0.29) is 0 Å². The molecule has 2 heteroatoms. The number of nitrogens with zero attached hydrogens (tertiary/aromatic N) is 1. The van der Waals surface area contributed by atoms with Gasteiger partial charge < -0.3 is 5.73 Å². The maximum absolute atomic E-state index is 5.61. The van der Waals surface area contributed by atoms with Crippen LogP contribution in [0.25, 0.3) is 0 Å². The van der Waals surface area contributed by atoms with E-state index in [1.54, 1.807) is 0 Å². The maximum Gasteiger partial charge on any atom is 0.0586 e. The Kier molecular flexibility index (Phi) is 1.54. The second-order valence-electron chi connectivity index (χ2n) is 2.53. The van der Waals surface area contributed by atoms with Gasteiger partial charge in [0.15, 0.2) is 0 Å². The minimum Gasteiger partial charge on any atom is -0.316 e. The van der Waals surface area contributed by atoms with Crippen LogP contribution in [0.4, 0.5) is 0 Å². The van der Waals surface area contributed by atoms with Crippen LogP contribution in [-0.2, 0) is 0 Å². The zero-order chi connectivity index (χ0) is 6.15. The fraction of sp³-hybridized carbons (Fsp3) is 1.00. The molecule has 0 aliphatic carbocycles. The van der Waals surface area contributed by atoms with Gasteiger partial charge >= 0.3 is 0 Å². The summed E-state index contributed by atoms with van der Waals surface area (Å²) in [5.74, 6) is 0. The summed E-state index contributed by atoms with van der Waals surface area (Å²) in [6, 6.07) is 0.769. The molecule has 1 fully saturated rings. The molecule has 0 aromatic heterocycles. The van der Waals surface area contributed by atoms with Crippen molar-refractivity contribution in [3.63, 3.8) is 0 Å². The van der Waals surface area contributed by atoms with Gasteiger partial charge in [0.2, 0.25) is 0 Å². The van der Waals surface area contributed by atoms with Crippen molar-refractivity contribution in [2.75, 3.05) is 7.05 Å². The second kappa shape index (κ2) is 2.03. The maximum atomic E-state index is 5.61. The predicted octanol–water partition coefficient (Wildman–Crippen LogP) is 0.385. The average Bonchev–Trinajstić information content (AvgIpc) is 1.81. The van der Waals surface area contributed by atoms with Gasteiger partial charge in [-0.1, -0.05) is 6.92 Å². The summed E-state index contributed by atoms with van der Waals surface area (Å²) >= 11 is 0. The summed E-state index contributed by atoms with van der Waals surface area (Å²) in [6.07, 6.45) is 2.77. The van der Waals surface area contributed by atoms with Gasteiger partial charge in [-0.2, -0.15) is 0 Å². The molecule has 2 N–H and O–H groups in total. The minimum absolute atomic E-state index is 0.347. The van der Waals surface area contributed by atoms with Crippen LogP contribution in [0.2, 0.25) is 0 Å². The Morgan fingerprint density at radius 2 is 2.38 bits per heavy atom. The molecule has 8 heavy (non-hydrogen) atoms. The molecule has 48 valence electrons. The highest BCUT2D eigenvalue weighted by Gasteiger charge is 2.30. The van der Waals surface area contributed by atoms with E-state index in [1.165, 1.54) is 12.8 Å². The molecule has 0 amide bonds. The van der Waals surface area contributed by atoms with Gasteiger partial charge in [-0.25, -0.2) is 0 Å². The highest BCUT2D eigenvalue weighted by atomic mass is 15.3. The lowest BCUT2D eigenvalue weighted by Crippen LogP contribution is -2.57. The quantitative estimate of drug-likeness (QED) is 0.534. The minimum atomic E-state index is 0.347. The van der Waals surface area contributed by atoms with E-state index in [2.05, 4.69) is 18.9 Å². The lowest BCUT2D eigenvalue weighted by Gasteiger charge is -2.43. The van der Waals surface area contributed by atoms with Crippen LogP contribution >= 0.6 is 0 Å². The monoisotopic (exact) mass is 114 g/mol. The molecule has 0 bridgehead atoms. The van der Waals surface area contributed by atoms with Crippen LogP contribution in [0, 0.1) is 0 Å². The number of hydrogen-bond donors (Lipinski definition) is 1. The Hall–Kier alpha value is -0.0800. The first-order valence-corrected chi connectivity index (χ1v) is 3.23. The molecule has 2 nitrogen and oxygen atoms in total. The third-order valence-electron chi connectivity index (χ3n) is 2.08. The molecular weight excluding hydrogens is 100 g/mol. The number of rotatable bonds is 1. The van der Waals surface area contributed by atoms with Crippen LogP contribution in [0.5, 0.6) is 0 Å². The van der Waals surface area contributed by atoms with Gasteiger partial charge in [-0.3, -0.25) is 4.90 Å². The van der Waals surface area contributed by atoms with Crippen molar-refractivity contribution >= 4 is 0 Å². The molecule has 0 spiro atoms. The SMILES string of the molecule is CCC1CC(N)N1C. The molecule has 1 rings (SSSR count). The molecule has 1 saturated heterocycles. The fourth-order valence-corrected chi connectivity index (χ4v) is 1.20. The summed E-state index contributed by atoms with van der Waals surface area (Å²) in [6.45, 7) is 2.20. The Morgan fingerprint density at radius 1 is 1.75 bits per heavy atom. The Balaban J connectivity index is 2.25. The van der Waals surface area contributed by atoms with E-state index in [9.17, 15) is 0 Å². The molecule has 1 heterocycles. The first kappa shape index (κ1) is 6.05. The zero-order valence-corrected chi connectivity index (χ0v) is 5.59. The van der Waals surface area contributed by atoms with Crippen LogP contribution in [0.1, 0.15) is 19.8 Å². The summed E-state index contributed by atoms with van der Waals surface area (Å²) in [7, 11) is 2.09. The van der Waals surface area contributed by atoms with Crippen molar-refractivity contribution in [3.05, 3.63) is 0 Å². The normalized spacial score (nSPS) is 39.4. The van der Waals surface area contributed by atoms with E-state index >= 15 is 0 Å². The van der Waals surface area contributed by atoms with Crippen molar-refractivity contribution in [1.82, 2.24) is 4.90 Å². The molecule has 1 aliphatic rings. The smallest absolute Gasteiger partial charge is 0.0586 e. The van der Waals surface area contributed by atoms with Gasteiger partial charge in [0.25, 0.3) is 0 Å². The van der Waals surface area contributed by atoms with Crippen molar-refractivity contribution in [1.29, 1.82) is 0 Å². The molecule has 0 radical (unpaired) electrons. The summed E-state index contributed by atoms with van der Waals surface area (Å²) in [5, 5.41) is 0. The number of nitrogens with two attached hydrogens (primary N) is 1. The Bertz CT molecular complexity index is 82.6. The van der Waals surface area contributed by atoms with E-state index in [1.807, 2.05) is 0 Å². The van der Waals surface area contributed by atoms with Crippen molar-refractivity contribution in [2.45, 2.75) is 32.0 Å². The standard InChI is InChI=1S/C6H14N2/c1-3-5-4-6(7)8(5)2/h5-6H,3-4,7H2,1-2H3. The molecule has 1 aliphatic heterocycles. The molecule has 0 saturated carbocycles. The van der Waals surface area contributed by atoms with Crippen LogP contribution in [0.3, 0.4) is 0 Å². The summed E-state index contributed by atoms with van der Waals surface area (Å²) in [4.78, 5) is 2.22. The summed E-state index contributed by atoms with van der Waals surface area (Å²) < 4.78 is 0. The van der Waals surface area contributed by atoms with E-state index in [0.717, 1.165) is 6.04 Å². The predicted molar refractivity (Wildman–Crippen MR) is 34.4 cm³/mol. The lowest BCUT2D eigenvalue weighted by molar-refractivity contribution is 0.0460. The lowest BCUT2D eigenvalue weighted by atomic mass is 9.98. The first-order chi connectivity index (χ1) is 3.75. The molecule has 0 aromatic carbocycles. The van der Waals surface area contributed by atoms with Crippen LogP contribution < -0.4 is 5.73 Å². The van der Waals surface area contributed by atoms with Crippen molar-refractivity contribution in [3.8, 4) is 0 Å². The van der Waals surface area contributed by atoms with E-state index in [4.69, 9.17) is 5.73 Å². The third kappa shape index (κ3) is 0.740. The van der Waals surface area contributed by atoms with E-state index < -0.39 is 0 Å². The molecular formula is C6H14N2. The first-order valence-electron chi connectivity index (χ1n) is 3.23. The van der Waals surface area contributed by atoms with Crippen molar-refractivity contribution in [2.24, 2.45) is 5.73 Å². The average molecular weight is 114 g/mol. The van der Waals surface area contributed by atoms with Gasteiger partial charge in [0.05, 0.1) is 6.17 Å². The number of hydrogen-bond acceptors (Lipinski definition) is 2. The molecule has 2 atom stereocenters. The highest BCUT2D eigenvalue weighted by Crippen LogP contribution is 2.21. The molecule has 0 aromatic rings. The Morgan fingerprint density at radius 3 is 2.50 bits per heavy atom. The van der Waals surface area contributed by atoms with Crippen LogP contribution in [-0.4, -0.2) is 24.2 Å². The zero-order valence-electron chi connectivity index (χ0n) is 5.59. The fourth-order valence-electron chi connectivity index (χ4n) is 1.20. The van der Waals surface area contributed by atoms with Gasteiger partial charge in [0, 0.05) is 6.04 Å². The van der Waals surface area contributed by atoms with E-state index in [0.29, 0.717) is 6.17 Å². The van der Waals surface area contributed by atoms with Gasteiger partial charge in [-0.05, 0) is 19.9 Å². The highest BCUT2D eigenvalue weighted by molar-refractivity contribution is 4.84. The van der Waals surface area contributed by atoms with Crippen LogP contribution in [0.15, 0.2) is 0 Å². The van der Waals surface area contributed by atoms with Gasteiger partial charge in [0.1, 0.15) is 0 Å². The largest absolute Gasteiger partial charge is 0.316 e. The Labute approximate surface area is 50.7 Å². The molecule has 2 unspecified atom stereocenters.